The first-order valence-corrected chi connectivity index (χ1v) is 6.90. The summed E-state index contributed by atoms with van der Waals surface area (Å²) >= 11 is 5.23. The van der Waals surface area contributed by atoms with Crippen molar-refractivity contribution >= 4 is 29.0 Å². The minimum atomic E-state index is -0.945. The van der Waals surface area contributed by atoms with Crippen LogP contribution in [0.2, 0.25) is 0 Å². The lowest BCUT2D eigenvalue weighted by atomic mass is 10.1. The van der Waals surface area contributed by atoms with E-state index >= 15 is 0 Å². The molecule has 3 N–H and O–H groups in total. The predicted molar refractivity (Wildman–Crippen MR) is 87.6 cm³/mol. The number of hydrogen-bond donors (Lipinski definition) is 3. The SMILES string of the molecule is Cc1c(NC(=S)NCc2ccccc2)cccc1C(=O)O. The average Bonchev–Trinajstić information content (AvgIpc) is 2.48. The van der Waals surface area contributed by atoms with Crippen LogP contribution in [0.3, 0.4) is 0 Å². The van der Waals surface area contributed by atoms with Gasteiger partial charge in [-0.15, -0.1) is 0 Å². The van der Waals surface area contributed by atoms with Gasteiger partial charge in [-0.25, -0.2) is 4.79 Å². The first-order chi connectivity index (χ1) is 10.1. The lowest BCUT2D eigenvalue weighted by Gasteiger charge is -2.13. The molecule has 0 aliphatic carbocycles. The molecule has 108 valence electrons. The molecule has 21 heavy (non-hydrogen) atoms. The van der Waals surface area contributed by atoms with Crippen molar-refractivity contribution in [3.63, 3.8) is 0 Å². The Morgan fingerprint density at radius 2 is 1.86 bits per heavy atom. The van der Waals surface area contributed by atoms with Crippen LogP contribution in [0, 0.1) is 6.92 Å². The average molecular weight is 300 g/mol. The lowest BCUT2D eigenvalue weighted by Crippen LogP contribution is -2.28. The number of anilines is 1. The van der Waals surface area contributed by atoms with Gasteiger partial charge in [0.05, 0.1) is 5.56 Å². The maximum Gasteiger partial charge on any atom is 0.336 e. The van der Waals surface area contributed by atoms with Gasteiger partial charge in [-0.3, -0.25) is 0 Å². The molecular weight excluding hydrogens is 284 g/mol. The molecule has 5 heteroatoms. The van der Waals surface area contributed by atoms with E-state index in [0.29, 0.717) is 22.9 Å². The Bertz CT molecular complexity index is 657. The zero-order valence-corrected chi connectivity index (χ0v) is 12.4. The highest BCUT2D eigenvalue weighted by Crippen LogP contribution is 2.18. The highest BCUT2D eigenvalue weighted by atomic mass is 32.1. The van der Waals surface area contributed by atoms with E-state index in [9.17, 15) is 4.79 Å². The highest BCUT2D eigenvalue weighted by Gasteiger charge is 2.10. The number of rotatable bonds is 4. The van der Waals surface area contributed by atoms with Crippen molar-refractivity contribution < 1.29 is 9.90 Å². The number of aromatic carboxylic acids is 1. The Hall–Kier alpha value is -2.40. The number of thiocarbonyl (C=S) groups is 1. The fraction of sp³-hybridized carbons (Fsp3) is 0.125. The van der Waals surface area contributed by atoms with Gasteiger partial charge in [0.25, 0.3) is 0 Å². The molecule has 0 saturated carbocycles. The molecule has 2 aromatic carbocycles. The molecule has 0 spiro atoms. The van der Waals surface area contributed by atoms with Crippen LogP contribution in [-0.2, 0) is 6.54 Å². The molecule has 0 heterocycles. The van der Waals surface area contributed by atoms with E-state index in [0.717, 1.165) is 5.56 Å². The molecule has 0 aliphatic heterocycles. The lowest BCUT2D eigenvalue weighted by molar-refractivity contribution is 0.0696. The van der Waals surface area contributed by atoms with Crippen LogP contribution in [-0.4, -0.2) is 16.2 Å². The van der Waals surface area contributed by atoms with Gasteiger partial charge in [0.1, 0.15) is 0 Å². The van der Waals surface area contributed by atoms with Crippen LogP contribution >= 0.6 is 12.2 Å². The standard InChI is InChI=1S/C16H16N2O2S/c1-11-13(15(19)20)8-5-9-14(11)18-16(21)17-10-12-6-3-2-4-7-12/h2-9H,10H2,1H3,(H,19,20)(H2,17,18,21). The van der Waals surface area contributed by atoms with E-state index < -0.39 is 5.97 Å². The smallest absolute Gasteiger partial charge is 0.336 e. The molecule has 0 aliphatic rings. The molecule has 0 radical (unpaired) electrons. The number of carboxylic acids is 1. The molecule has 0 amide bonds. The summed E-state index contributed by atoms with van der Waals surface area (Å²) in [6, 6.07) is 15.0. The van der Waals surface area contributed by atoms with Crippen LogP contribution in [0.1, 0.15) is 21.5 Å². The Labute approximate surface area is 128 Å². The fourth-order valence-corrected chi connectivity index (χ4v) is 2.13. The summed E-state index contributed by atoms with van der Waals surface area (Å²) in [6.45, 7) is 2.37. The molecule has 0 aromatic heterocycles. The summed E-state index contributed by atoms with van der Waals surface area (Å²) in [5.41, 5.74) is 2.75. The highest BCUT2D eigenvalue weighted by molar-refractivity contribution is 7.80. The van der Waals surface area contributed by atoms with Crippen LogP contribution in [0.15, 0.2) is 48.5 Å². The Balaban J connectivity index is 2.00. The number of hydrogen-bond acceptors (Lipinski definition) is 2. The fourth-order valence-electron chi connectivity index (χ4n) is 1.95. The second kappa shape index (κ2) is 6.85. The normalized spacial score (nSPS) is 9.95. The van der Waals surface area contributed by atoms with E-state index in [4.69, 9.17) is 17.3 Å². The van der Waals surface area contributed by atoms with E-state index in [-0.39, 0.29) is 5.56 Å². The van der Waals surface area contributed by atoms with Crippen molar-refractivity contribution in [2.45, 2.75) is 13.5 Å². The molecule has 0 unspecified atom stereocenters. The molecule has 2 aromatic rings. The topological polar surface area (TPSA) is 61.4 Å². The van der Waals surface area contributed by atoms with E-state index in [1.165, 1.54) is 0 Å². The van der Waals surface area contributed by atoms with E-state index in [2.05, 4.69) is 10.6 Å². The summed E-state index contributed by atoms with van der Waals surface area (Å²) in [7, 11) is 0. The summed E-state index contributed by atoms with van der Waals surface area (Å²) in [5.74, 6) is -0.945. The number of carbonyl (C=O) groups is 1. The zero-order valence-electron chi connectivity index (χ0n) is 11.6. The van der Waals surface area contributed by atoms with Gasteiger partial charge < -0.3 is 15.7 Å². The third kappa shape index (κ3) is 4.03. The minimum Gasteiger partial charge on any atom is -0.478 e. The van der Waals surface area contributed by atoms with Crippen LogP contribution < -0.4 is 10.6 Å². The number of nitrogens with one attached hydrogen (secondary N) is 2. The minimum absolute atomic E-state index is 0.269. The van der Waals surface area contributed by atoms with Crippen molar-refractivity contribution in [2.75, 3.05) is 5.32 Å². The van der Waals surface area contributed by atoms with Crippen LogP contribution in [0.5, 0.6) is 0 Å². The van der Waals surface area contributed by atoms with Gasteiger partial charge in [0.15, 0.2) is 5.11 Å². The van der Waals surface area contributed by atoms with Gasteiger partial charge in [-0.05, 0) is 42.4 Å². The molecule has 4 nitrogen and oxygen atoms in total. The summed E-state index contributed by atoms with van der Waals surface area (Å²) in [4.78, 5) is 11.1. The van der Waals surface area contributed by atoms with Crippen molar-refractivity contribution in [2.24, 2.45) is 0 Å². The quantitative estimate of drug-likeness (QED) is 0.757. The number of carboxylic acid groups (broad SMARTS) is 1. The van der Waals surface area contributed by atoms with Crippen molar-refractivity contribution in [1.82, 2.24) is 5.32 Å². The van der Waals surface area contributed by atoms with Gasteiger partial charge >= 0.3 is 5.97 Å². The van der Waals surface area contributed by atoms with Gasteiger partial charge in [0, 0.05) is 12.2 Å². The monoisotopic (exact) mass is 300 g/mol. The first kappa shape index (κ1) is 15.0. The molecule has 0 saturated heterocycles. The van der Waals surface area contributed by atoms with Crippen LogP contribution in [0.4, 0.5) is 5.69 Å². The largest absolute Gasteiger partial charge is 0.478 e. The molecular formula is C16H16N2O2S. The first-order valence-electron chi connectivity index (χ1n) is 6.49. The summed E-state index contributed by atoms with van der Waals surface area (Å²) < 4.78 is 0. The molecule has 0 bridgehead atoms. The maximum atomic E-state index is 11.1. The van der Waals surface area contributed by atoms with Gasteiger partial charge in [0.2, 0.25) is 0 Å². The third-order valence-corrected chi connectivity index (χ3v) is 3.35. The molecule has 2 rings (SSSR count). The van der Waals surface area contributed by atoms with Crippen LogP contribution in [0.25, 0.3) is 0 Å². The predicted octanol–water partition coefficient (Wildman–Crippen LogP) is 3.18. The van der Waals surface area contributed by atoms with Crippen molar-refractivity contribution in [3.05, 3.63) is 65.2 Å². The zero-order chi connectivity index (χ0) is 15.2. The van der Waals surface area contributed by atoms with Crippen molar-refractivity contribution in [1.29, 1.82) is 0 Å². The Kier molecular flexibility index (Phi) is 4.90. The van der Waals surface area contributed by atoms with E-state index in [1.807, 2.05) is 30.3 Å². The van der Waals surface area contributed by atoms with Crippen molar-refractivity contribution in [3.8, 4) is 0 Å². The van der Waals surface area contributed by atoms with E-state index in [1.54, 1.807) is 25.1 Å². The maximum absolute atomic E-state index is 11.1. The molecule has 0 fully saturated rings. The number of benzene rings is 2. The third-order valence-electron chi connectivity index (χ3n) is 3.11. The summed E-state index contributed by atoms with van der Waals surface area (Å²) in [5, 5.41) is 15.7. The van der Waals surface area contributed by atoms with Gasteiger partial charge in [-0.2, -0.15) is 0 Å². The summed E-state index contributed by atoms with van der Waals surface area (Å²) in [6.07, 6.45) is 0. The van der Waals surface area contributed by atoms with Gasteiger partial charge in [-0.1, -0.05) is 36.4 Å². The Morgan fingerprint density at radius 1 is 1.14 bits per heavy atom. The Morgan fingerprint density at radius 3 is 2.52 bits per heavy atom. The second-order valence-electron chi connectivity index (χ2n) is 4.58. The molecule has 0 atom stereocenters. The second-order valence-corrected chi connectivity index (χ2v) is 4.98.